The minimum atomic E-state index is -3.48. The van der Waals surface area contributed by atoms with E-state index < -0.39 is 32.4 Å². The van der Waals surface area contributed by atoms with Crippen LogP contribution in [0.25, 0.3) is 0 Å². The third kappa shape index (κ3) is 7.88. The number of amides is 1. The third-order valence-corrected chi connectivity index (χ3v) is 5.11. The number of anilines is 1. The van der Waals surface area contributed by atoms with Gasteiger partial charge in [0.15, 0.2) is 0 Å². The second-order valence-electron chi connectivity index (χ2n) is 5.91. The maximum absolute atomic E-state index is 13.3. The average Bonchev–Trinajstić information content (AvgIpc) is 2.60. The first-order valence-electron chi connectivity index (χ1n) is 8.68. The quantitative estimate of drug-likeness (QED) is 0.530. The largest absolute Gasteiger partial charge is 0.361 e. The van der Waals surface area contributed by atoms with E-state index in [0.717, 1.165) is 4.57 Å². The maximum Gasteiger partial charge on any atom is 0.356 e. The summed E-state index contributed by atoms with van der Waals surface area (Å²) in [7, 11) is -3.48. The molecule has 1 atom stereocenters. The summed E-state index contributed by atoms with van der Waals surface area (Å²) in [5.41, 5.74) is -0.670. The summed E-state index contributed by atoms with van der Waals surface area (Å²) in [5.74, 6) is -0.415. The molecule has 1 rings (SSSR count). The molecule has 1 N–H and O–H groups in total. The molecule has 9 nitrogen and oxygen atoms in total. The van der Waals surface area contributed by atoms with Gasteiger partial charge in [0, 0.05) is 12.1 Å². The van der Waals surface area contributed by atoms with Gasteiger partial charge in [-0.15, -0.1) is 0 Å². The van der Waals surface area contributed by atoms with Crippen LogP contribution in [0.4, 0.5) is 10.2 Å². The number of hydrogen-bond donors (Lipinski definition) is 1. The molecule has 1 amide bonds. The molecule has 11 heteroatoms. The Labute approximate surface area is 157 Å². The lowest BCUT2D eigenvalue weighted by molar-refractivity contribution is -0.118. The van der Waals surface area contributed by atoms with Gasteiger partial charge >= 0.3 is 13.3 Å². The Morgan fingerprint density at radius 3 is 2.44 bits per heavy atom. The maximum atomic E-state index is 13.3. The van der Waals surface area contributed by atoms with Gasteiger partial charge in [-0.2, -0.15) is 4.98 Å². The van der Waals surface area contributed by atoms with Crippen molar-refractivity contribution in [2.75, 3.05) is 31.6 Å². The van der Waals surface area contributed by atoms with E-state index in [9.17, 15) is 18.5 Å². The van der Waals surface area contributed by atoms with Crippen LogP contribution in [0.2, 0.25) is 0 Å². The highest BCUT2D eigenvalue weighted by Gasteiger charge is 2.26. The smallest absolute Gasteiger partial charge is 0.356 e. The predicted molar refractivity (Wildman–Crippen MR) is 98.5 cm³/mol. The summed E-state index contributed by atoms with van der Waals surface area (Å²) >= 11 is 0. The first-order valence-corrected chi connectivity index (χ1v) is 10.4. The molecule has 0 saturated carbocycles. The van der Waals surface area contributed by atoms with Crippen molar-refractivity contribution in [3.63, 3.8) is 0 Å². The second-order valence-corrected chi connectivity index (χ2v) is 7.91. The highest BCUT2D eigenvalue weighted by molar-refractivity contribution is 7.53. The molecule has 154 valence electrons. The van der Waals surface area contributed by atoms with E-state index in [4.69, 9.17) is 13.8 Å². The van der Waals surface area contributed by atoms with Crippen LogP contribution >= 0.6 is 7.60 Å². The Morgan fingerprint density at radius 2 is 1.96 bits per heavy atom. The average molecular weight is 407 g/mol. The Morgan fingerprint density at radius 1 is 1.33 bits per heavy atom. The van der Waals surface area contributed by atoms with E-state index in [-0.39, 0.29) is 37.4 Å². The standard InChI is InChI=1S/C16H27FN3O6P/c1-5-25-27(23,26-6-2)11-24-13(9-17)10-20-8-7-14(19-16(20)22)18-15(21)12(3)4/h7-8,12-13H,5-6,9-11H2,1-4H3,(H,18,19,21,22). The van der Waals surface area contributed by atoms with Gasteiger partial charge in [-0.25, -0.2) is 9.18 Å². The molecular formula is C16H27FN3O6P. The molecular weight excluding hydrogens is 380 g/mol. The number of halogens is 1. The van der Waals surface area contributed by atoms with Crippen LogP contribution in [0.3, 0.4) is 0 Å². The number of rotatable bonds is 12. The normalized spacial score (nSPS) is 13.0. The first kappa shape index (κ1) is 23.4. The molecule has 0 aromatic carbocycles. The van der Waals surface area contributed by atoms with Crippen molar-refractivity contribution in [2.24, 2.45) is 5.92 Å². The predicted octanol–water partition coefficient (Wildman–Crippen LogP) is 2.42. The van der Waals surface area contributed by atoms with E-state index >= 15 is 0 Å². The fourth-order valence-corrected chi connectivity index (χ4v) is 3.38. The number of carbonyl (C=O) groups excluding carboxylic acids is 1. The molecule has 0 aliphatic carbocycles. The minimum absolute atomic E-state index is 0.116. The van der Waals surface area contributed by atoms with E-state index in [1.165, 1.54) is 12.3 Å². The van der Waals surface area contributed by atoms with Crippen LogP contribution in [-0.4, -0.2) is 47.8 Å². The zero-order valence-electron chi connectivity index (χ0n) is 16.0. The lowest BCUT2D eigenvalue weighted by Crippen LogP contribution is -2.32. The van der Waals surface area contributed by atoms with Gasteiger partial charge in [-0.3, -0.25) is 13.9 Å². The van der Waals surface area contributed by atoms with Crippen LogP contribution in [0.1, 0.15) is 27.7 Å². The van der Waals surface area contributed by atoms with Crippen molar-refractivity contribution >= 4 is 19.3 Å². The zero-order chi connectivity index (χ0) is 20.4. The molecule has 0 bridgehead atoms. The third-order valence-electron chi connectivity index (χ3n) is 3.34. The van der Waals surface area contributed by atoms with Crippen molar-refractivity contribution in [3.8, 4) is 0 Å². The highest BCUT2D eigenvalue weighted by atomic mass is 31.2. The Hall–Kier alpha value is -1.61. The summed E-state index contributed by atoms with van der Waals surface area (Å²) in [5, 5.41) is 2.51. The van der Waals surface area contributed by atoms with Gasteiger partial charge < -0.3 is 19.1 Å². The van der Waals surface area contributed by atoms with Gasteiger partial charge in [0.1, 0.15) is 24.9 Å². The Kier molecular flexibility index (Phi) is 9.79. The Balaban J connectivity index is 2.75. The topological polar surface area (TPSA) is 109 Å². The highest BCUT2D eigenvalue weighted by Crippen LogP contribution is 2.48. The van der Waals surface area contributed by atoms with Crippen LogP contribution in [0, 0.1) is 5.92 Å². The lowest BCUT2D eigenvalue weighted by atomic mass is 10.2. The number of ether oxygens (including phenoxy) is 1. The van der Waals surface area contributed by atoms with Crippen LogP contribution in [0.15, 0.2) is 17.1 Å². The molecule has 1 unspecified atom stereocenters. The van der Waals surface area contributed by atoms with E-state index in [1.807, 2.05) is 0 Å². The summed E-state index contributed by atoms with van der Waals surface area (Å²) in [6, 6.07) is 1.43. The first-order chi connectivity index (χ1) is 12.7. The van der Waals surface area contributed by atoms with Crippen molar-refractivity contribution in [1.82, 2.24) is 9.55 Å². The minimum Gasteiger partial charge on any atom is -0.361 e. The SMILES string of the molecule is CCOP(=O)(COC(CF)Cn1ccc(NC(=O)C(C)C)nc1=O)OCC. The van der Waals surface area contributed by atoms with Crippen molar-refractivity contribution in [1.29, 1.82) is 0 Å². The molecule has 0 aliphatic heterocycles. The number of aromatic nitrogens is 2. The van der Waals surface area contributed by atoms with E-state index in [2.05, 4.69) is 10.3 Å². The number of hydrogen-bond acceptors (Lipinski definition) is 7. The van der Waals surface area contributed by atoms with Crippen LogP contribution in [0.5, 0.6) is 0 Å². The van der Waals surface area contributed by atoms with Gasteiger partial charge in [0.2, 0.25) is 5.91 Å². The molecule has 1 heterocycles. The van der Waals surface area contributed by atoms with Gasteiger partial charge in [0.25, 0.3) is 0 Å². The molecule has 0 saturated heterocycles. The van der Waals surface area contributed by atoms with Gasteiger partial charge in [0.05, 0.1) is 19.8 Å². The summed E-state index contributed by atoms with van der Waals surface area (Å²) in [6.07, 6.45) is -0.0782. The van der Waals surface area contributed by atoms with E-state index in [0.29, 0.717) is 0 Å². The van der Waals surface area contributed by atoms with Crippen molar-refractivity contribution in [2.45, 2.75) is 40.3 Å². The molecule has 27 heavy (non-hydrogen) atoms. The number of nitrogens with zero attached hydrogens (tertiary/aromatic N) is 2. The zero-order valence-corrected chi connectivity index (χ0v) is 16.9. The molecule has 1 aromatic rings. The number of alkyl halides is 1. The molecule has 0 spiro atoms. The summed E-state index contributed by atoms with van der Waals surface area (Å²) in [6.45, 7) is 6.01. The Bertz CT molecular complexity index is 702. The van der Waals surface area contributed by atoms with Gasteiger partial charge in [-0.1, -0.05) is 13.8 Å². The molecule has 1 aromatic heterocycles. The fraction of sp³-hybridized carbons (Fsp3) is 0.688. The van der Waals surface area contributed by atoms with Crippen LogP contribution in [-0.2, 0) is 29.7 Å². The summed E-state index contributed by atoms with van der Waals surface area (Å²) < 4.78 is 42.2. The number of nitrogens with one attached hydrogen (secondary N) is 1. The second kappa shape index (κ2) is 11.3. The van der Waals surface area contributed by atoms with Gasteiger partial charge in [-0.05, 0) is 19.9 Å². The number of carbonyl (C=O) groups is 1. The van der Waals surface area contributed by atoms with Crippen molar-refractivity contribution < 1.29 is 27.5 Å². The molecule has 0 radical (unpaired) electrons. The van der Waals surface area contributed by atoms with Crippen LogP contribution < -0.4 is 11.0 Å². The van der Waals surface area contributed by atoms with E-state index in [1.54, 1.807) is 27.7 Å². The lowest BCUT2D eigenvalue weighted by Gasteiger charge is -2.21. The van der Waals surface area contributed by atoms with Crippen molar-refractivity contribution in [3.05, 3.63) is 22.7 Å². The molecule has 0 fully saturated rings. The molecule has 0 aliphatic rings. The monoisotopic (exact) mass is 407 g/mol. The fourth-order valence-electron chi connectivity index (χ4n) is 1.98. The summed E-state index contributed by atoms with van der Waals surface area (Å²) in [4.78, 5) is 27.4.